The molecule has 0 fully saturated rings. The summed E-state index contributed by atoms with van der Waals surface area (Å²) in [5, 5.41) is 3.26. The fraction of sp³-hybridized carbons (Fsp3) is 0.200. The third-order valence-electron chi connectivity index (χ3n) is 4.64. The molecule has 0 atom stereocenters. The normalized spacial score (nSPS) is 10.4. The highest BCUT2D eigenvalue weighted by molar-refractivity contribution is 6.32. The lowest BCUT2D eigenvalue weighted by atomic mass is 10.1. The lowest BCUT2D eigenvalue weighted by Gasteiger charge is -2.13. The van der Waals surface area contributed by atoms with Crippen LogP contribution < -0.4 is 15.0 Å². The molecule has 32 heavy (non-hydrogen) atoms. The van der Waals surface area contributed by atoms with Gasteiger partial charge < -0.3 is 19.7 Å². The van der Waals surface area contributed by atoms with Gasteiger partial charge in [-0.2, -0.15) is 0 Å². The highest BCUT2D eigenvalue weighted by Gasteiger charge is 2.10. The molecule has 3 aromatic carbocycles. The Morgan fingerprint density at radius 2 is 1.66 bits per heavy atom. The molecule has 1 N–H and O–H groups in total. The van der Waals surface area contributed by atoms with E-state index in [9.17, 15) is 9.59 Å². The molecular formula is C25H25ClN2O4. The highest BCUT2D eigenvalue weighted by Crippen LogP contribution is 2.31. The number of anilines is 2. The number of nitrogens with zero attached hydrogens (tertiary/aromatic N) is 1. The Morgan fingerprint density at radius 3 is 2.25 bits per heavy atom. The third kappa shape index (κ3) is 6.25. The molecular weight excluding hydrogens is 428 g/mol. The average Bonchev–Trinajstić information content (AvgIpc) is 2.77. The molecule has 0 unspecified atom stereocenters. The predicted octanol–water partition coefficient (Wildman–Crippen LogP) is 5.56. The molecule has 0 radical (unpaired) electrons. The quantitative estimate of drug-likeness (QED) is 0.453. The Balaban J connectivity index is 1.60. The van der Waals surface area contributed by atoms with Gasteiger partial charge in [-0.05, 0) is 73.2 Å². The van der Waals surface area contributed by atoms with Crippen molar-refractivity contribution in [3.63, 3.8) is 0 Å². The topological polar surface area (TPSA) is 67.9 Å². The third-order valence-corrected chi connectivity index (χ3v) is 4.93. The second kappa shape index (κ2) is 10.7. The summed E-state index contributed by atoms with van der Waals surface area (Å²) in [7, 11) is 3.90. The molecule has 0 saturated carbocycles. The van der Waals surface area contributed by atoms with Crippen molar-refractivity contribution >= 4 is 34.9 Å². The SMILES string of the molecule is CCOC(=O)Cc1ccc(Oc2ccc(NC(=O)c3ccc(N(C)C)cc3)cc2)c(Cl)c1. The molecule has 0 aliphatic carbocycles. The molecule has 0 saturated heterocycles. The number of nitrogens with one attached hydrogen (secondary N) is 1. The lowest BCUT2D eigenvalue weighted by molar-refractivity contribution is -0.142. The Bertz CT molecular complexity index is 1080. The summed E-state index contributed by atoms with van der Waals surface area (Å²) in [6.07, 6.45) is 0.153. The van der Waals surface area contributed by atoms with E-state index in [0.717, 1.165) is 11.3 Å². The first kappa shape index (κ1) is 23.2. The summed E-state index contributed by atoms with van der Waals surface area (Å²) in [6, 6.07) is 19.5. The van der Waals surface area contributed by atoms with Gasteiger partial charge in [0.2, 0.25) is 0 Å². The summed E-state index contributed by atoms with van der Waals surface area (Å²) in [6.45, 7) is 2.11. The first-order valence-electron chi connectivity index (χ1n) is 10.2. The molecule has 0 aliphatic rings. The standard InChI is InChI=1S/C25H25ClN2O4/c1-4-31-24(29)16-17-5-14-23(22(26)15-17)32-21-12-8-19(9-13-21)27-25(30)18-6-10-20(11-7-18)28(2)3/h5-15H,4,16H2,1-3H3,(H,27,30). The number of carbonyl (C=O) groups is 2. The maximum atomic E-state index is 12.5. The molecule has 3 aromatic rings. The van der Waals surface area contributed by atoms with Crippen molar-refractivity contribution in [1.82, 2.24) is 0 Å². The van der Waals surface area contributed by atoms with E-state index in [1.54, 1.807) is 61.5 Å². The van der Waals surface area contributed by atoms with E-state index in [4.69, 9.17) is 21.1 Å². The minimum Gasteiger partial charge on any atom is -0.466 e. The van der Waals surface area contributed by atoms with Crippen molar-refractivity contribution in [2.45, 2.75) is 13.3 Å². The van der Waals surface area contributed by atoms with Crippen LogP contribution in [0.4, 0.5) is 11.4 Å². The lowest BCUT2D eigenvalue weighted by Crippen LogP contribution is -2.13. The number of benzene rings is 3. The Kier molecular flexibility index (Phi) is 7.73. The zero-order valence-electron chi connectivity index (χ0n) is 18.2. The fourth-order valence-electron chi connectivity index (χ4n) is 2.96. The van der Waals surface area contributed by atoms with Gasteiger partial charge in [0.15, 0.2) is 0 Å². The minimum absolute atomic E-state index is 0.153. The van der Waals surface area contributed by atoms with Crippen molar-refractivity contribution in [2.24, 2.45) is 0 Å². The van der Waals surface area contributed by atoms with Crippen LogP contribution >= 0.6 is 11.6 Å². The Labute approximate surface area is 192 Å². The predicted molar refractivity (Wildman–Crippen MR) is 127 cm³/mol. The average molecular weight is 453 g/mol. The van der Waals surface area contributed by atoms with Crippen LogP contribution in [0.3, 0.4) is 0 Å². The largest absolute Gasteiger partial charge is 0.466 e. The number of hydrogen-bond donors (Lipinski definition) is 1. The molecule has 0 aliphatic heterocycles. The first-order valence-corrected chi connectivity index (χ1v) is 10.5. The van der Waals surface area contributed by atoms with E-state index >= 15 is 0 Å². The Hall–Kier alpha value is -3.51. The smallest absolute Gasteiger partial charge is 0.310 e. The van der Waals surface area contributed by atoms with Gasteiger partial charge in [0.1, 0.15) is 11.5 Å². The van der Waals surface area contributed by atoms with Gasteiger partial charge in [-0.25, -0.2) is 0 Å². The van der Waals surface area contributed by atoms with Crippen LogP contribution in [0.25, 0.3) is 0 Å². The van der Waals surface area contributed by atoms with Crippen LogP contribution in [0, 0.1) is 0 Å². The van der Waals surface area contributed by atoms with Crippen molar-refractivity contribution in [1.29, 1.82) is 0 Å². The number of hydrogen-bond acceptors (Lipinski definition) is 5. The molecule has 166 valence electrons. The molecule has 7 heteroatoms. The molecule has 3 rings (SSSR count). The number of halogens is 1. The summed E-state index contributed by atoms with van der Waals surface area (Å²) in [5.41, 5.74) is 2.99. The van der Waals surface area contributed by atoms with Crippen LogP contribution in [0.5, 0.6) is 11.5 Å². The highest BCUT2D eigenvalue weighted by atomic mass is 35.5. The van der Waals surface area contributed by atoms with E-state index in [1.807, 2.05) is 31.1 Å². The summed E-state index contributed by atoms with van der Waals surface area (Å²) >= 11 is 6.30. The second-order valence-electron chi connectivity index (χ2n) is 7.27. The summed E-state index contributed by atoms with van der Waals surface area (Å²) < 4.78 is 10.8. The minimum atomic E-state index is -0.302. The summed E-state index contributed by atoms with van der Waals surface area (Å²) in [5.74, 6) is 0.545. The maximum Gasteiger partial charge on any atom is 0.310 e. The molecule has 1 amide bonds. The van der Waals surface area contributed by atoms with E-state index in [1.165, 1.54) is 0 Å². The molecule has 0 heterocycles. The van der Waals surface area contributed by atoms with Gasteiger partial charge in [0, 0.05) is 31.0 Å². The number of rotatable bonds is 8. The fourth-order valence-corrected chi connectivity index (χ4v) is 3.20. The van der Waals surface area contributed by atoms with Crippen LogP contribution in [0.15, 0.2) is 66.7 Å². The van der Waals surface area contributed by atoms with Gasteiger partial charge in [0.25, 0.3) is 5.91 Å². The van der Waals surface area contributed by atoms with Gasteiger partial charge in [-0.15, -0.1) is 0 Å². The number of carbonyl (C=O) groups excluding carboxylic acids is 2. The number of amides is 1. The van der Waals surface area contributed by atoms with E-state index < -0.39 is 0 Å². The van der Waals surface area contributed by atoms with Gasteiger partial charge >= 0.3 is 5.97 Å². The second-order valence-corrected chi connectivity index (χ2v) is 7.68. The first-order chi connectivity index (χ1) is 15.4. The molecule has 6 nitrogen and oxygen atoms in total. The zero-order valence-corrected chi connectivity index (χ0v) is 19.0. The van der Waals surface area contributed by atoms with Crippen LogP contribution in [0.1, 0.15) is 22.8 Å². The van der Waals surface area contributed by atoms with Crippen LogP contribution in [-0.2, 0) is 16.0 Å². The van der Waals surface area contributed by atoms with Gasteiger partial charge in [-0.1, -0.05) is 17.7 Å². The van der Waals surface area contributed by atoms with Gasteiger partial charge in [0.05, 0.1) is 18.1 Å². The van der Waals surface area contributed by atoms with E-state index in [2.05, 4.69) is 5.32 Å². The van der Waals surface area contributed by atoms with Crippen molar-refractivity contribution in [3.8, 4) is 11.5 Å². The number of ether oxygens (including phenoxy) is 2. The number of esters is 1. The van der Waals surface area contributed by atoms with Crippen molar-refractivity contribution < 1.29 is 19.1 Å². The molecule has 0 aromatic heterocycles. The van der Waals surface area contributed by atoms with Gasteiger partial charge in [-0.3, -0.25) is 9.59 Å². The van der Waals surface area contributed by atoms with Crippen LogP contribution in [-0.4, -0.2) is 32.6 Å². The maximum absolute atomic E-state index is 12.5. The molecule has 0 spiro atoms. The monoisotopic (exact) mass is 452 g/mol. The van der Waals surface area contributed by atoms with Crippen molar-refractivity contribution in [3.05, 3.63) is 82.9 Å². The Morgan fingerprint density at radius 1 is 0.969 bits per heavy atom. The zero-order chi connectivity index (χ0) is 23.1. The van der Waals surface area contributed by atoms with Crippen molar-refractivity contribution in [2.75, 3.05) is 30.9 Å². The molecule has 0 bridgehead atoms. The van der Waals surface area contributed by atoms with E-state index in [-0.39, 0.29) is 18.3 Å². The summed E-state index contributed by atoms with van der Waals surface area (Å²) in [4.78, 5) is 26.0. The van der Waals surface area contributed by atoms with Crippen LogP contribution in [0.2, 0.25) is 5.02 Å². The van der Waals surface area contributed by atoms with E-state index in [0.29, 0.717) is 34.4 Å².